The number of nitrogens with zero attached hydrogens (tertiary/aromatic N) is 1. The smallest absolute Gasteiger partial charge is 0.262 e. The van der Waals surface area contributed by atoms with Crippen LogP contribution in [0.5, 0.6) is 5.75 Å². The van der Waals surface area contributed by atoms with Gasteiger partial charge < -0.3 is 14.4 Å². The number of hydrogen-bond donors (Lipinski definition) is 1. The average Bonchev–Trinajstić information content (AvgIpc) is 2.74. The number of amides is 1. The third kappa shape index (κ3) is 5.24. The van der Waals surface area contributed by atoms with E-state index in [9.17, 15) is 13.2 Å². The van der Waals surface area contributed by atoms with E-state index in [0.29, 0.717) is 36.0 Å². The Morgan fingerprint density at radius 2 is 2.07 bits per heavy atom. The van der Waals surface area contributed by atoms with E-state index in [2.05, 4.69) is 4.72 Å². The van der Waals surface area contributed by atoms with Crippen molar-refractivity contribution >= 4 is 33.2 Å². The van der Waals surface area contributed by atoms with Crippen molar-refractivity contribution in [2.45, 2.75) is 30.8 Å². The SMILES string of the molecule is CCOC1CCCN(C(=O)c2cccc(S(=O)(=O)Nc3cc(Cl)ccc3OC)c2)C1. The Labute approximate surface area is 182 Å². The number of carbonyl (C=O) groups is 1. The van der Waals surface area contributed by atoms with Crippen LogP contribution in [0.25, 0.3) is 0 Å². The molecule has 9 heteroatoms. The zero-order valence-electron chi connectivity index (χ0n) is 16.9. The Kier molecular flexibility index (Phi) is 7.23. The van der Waals surface area contributed by atoms with Gasteiger partial charge in [0.05, 0.1) is 23.8 Å². The summed E-state index contributed by atoms with van der Waals surface area (Å²) in [5.41, 5.74) is 0.533. The van der Waals surface area contributed by atoms with Crippen molar-refractivity contribution in [2.75, 3.05) is 31.5 Å². The summed E-state index contributed by atoms with van der Waals surface area (Å²) in [5.74, 6) is 0.127. The highest BCUT2D eigenvalue weighted by atomic mass is 35.5. The van der Waals surface area contributed by atoms with Crippen LogP contribution in [-0.4, -0.2) is 52.1 Å². The van der Waals surface area contributed by atoms with Crippen LogP contribution in [0.15, 0.2) is 47.4 Å². The van der Waals surface area contributed by atoms with E-state index in [1.54, 1.807) is 29.2 Å². The minimum atomic E-state index is -3.95. The molecule has 1 heterocycles. The minimum Gasteiger partial charge on any atom is -0.495 e. The maximum atomic E-state index is 12.9. The van der Waals surface area contributed by atoms with Crippen molar-refractivity contribution in [2.24, 2.45) is 0 Å². The Hall–Kier alpha value is -2.29. The van der Waals surface area contributed by atoms with E-state index in [0.717, 1.165) is 12.8 Å². The normalized spacial score (nSPS) is 16.9. The quantitative estimate of drug-likeness (QED) is 0.690. The molecule has 0 aromatic heterocycles. The summed E-state index contributed by atoms with van der Waals surface area (Å²) in [6.07, 6.45) is 1.78. The molecule has 0 saturated carbocycles. The van der Waals surface area contributed by atoms with E-state index in [1.165, 1.54) is 25.3 Å². The summed E-state index contributed by atoms with van der Waals surface area (Å²) in [5, 5.41) is 0.367. The first-order valence-corrected chi connectivity index (χ1v) is 11.6. The number of nitrogens with one attached hydrogen (secondary N) is 1. The van der Waals surface area contributed by atoms with Crippen molar-refractivity contribution in [1.82, 2.24) is 4.90 Å². The second-order valence-electron chi connectivity index (χ2n) is 6.95. The van der Waals surface area contributed by atoms with Crippen LogP contribution in [-0.2, 0) is 14.8 Å². The lowest BCUT2D eigenvalue weighted by Crippen LogP contribution is -2.43. The molecule has 2 aromatic carbocycles. The Bertz CT molecular complexity index is 1010. The molecule has 2 aromatic rings. The van der Waals surface area contributed by atoms with Crippen LogP contribution in [0.4, 0.5) is 5.69 Å². The van der Waals surface area contributed by atoms with Gasteiger partial charge in [0.1, 0.15) is 5.75 Å². The first-order valence-electron chi connectivity index (χ1n) is 9.71. The van der Waals surface area contributed by atoms with Crippen LogP contribution in [0.3, 0.4) is 0 Å². The summed E-state index contributed by atoms with van der Waals surface area (Å²) in [6.45, 7) is 3.65. The van der Waals surface area contributed by atoms with Crippen molar-refractivity contribution in [3.63, 3.8) is 0 Å². The van der Waals surface area contributed by atoms with E-state index in [4.69, 9.17) is 21.1 Å². The molecule has 1 aliphatic heterocycles. The number of likely N-dealkylation sites (tertiary alicyclic amines) is 1. The number of halogens is 1. The number of benzene rings is 2. The maximum Gasteiger partial charge on any atom is 0.262 e. The van der Waals surface area contributed by atoms with Gasteiger partial charge in [0.15, 0.2) is 0 Å². The highest BCUT2D eigenvalue weighted by molar-refractivity contribution is 7.92. The lowest BCUT2D eigenvalue weighted by molar-refractivity contribution is 0.00723. The molecular weight excluding hydrogens is 428 g/mol. The van der Waals surface area contributed by atoms with Gasteiger partial charge in [0.25, 0.3) is 15.9 Å². The summed E-state index contributed by atoms with van der Waals surface area (Å²) in [4.78, 5) is 14.6. The van der Waals surface area contributed by atoms with Gasteiger partial charge in [0, 0.05) is 30.3 Å². The zero-order chi connectivity index (χ0) is 21.7. The van der Waals surface area contributed by atoms with Crippen LogP contribution in [0, 0.1) is 0 Å². The van der Waals surface area contributed by atoms with E-state index in [-0.39, 0.29) is 22.6 Å². The van der Waals surface area contributed by atoms with Gasteiger partial charge in [-0.1, -0.05) is 17.7 Å². The molecule has 0 aliphatic carbocycles. The maximum absolute atomic E-state index is 12.9. The molecule has 1 unspecified atom stereocenters. The molecule has 1 fully saturated rings. The van der Waals surface area contributed by atoms with Crippen molar-refractivity contribution in [1.29, 1.82) is 0 Å². The number of carbonyl (C=O) groups excluding carboxylic acids is 1. The third-order valence-corrected chi connectivity index (χ3v) is 6.46. The minimum absolute atomic E-state index is 0.0107. The molecule has 0 bridgehead atoms. The Morgan fingerprint density at radius 3 is 2.80 bits per heavy atom. The van der Waals surface area contributed by atoms with Crippen LogP contribution in [0.2, 0.25) is 5.02 Å². The molecule has 7 nitrogen and oxygen atoms in total. The molecule has 0 spiro atoms. The second kappa shape index (κ2) is 9.68. The summed E-state index contributed by atoms with van der Waals surface area (Å²) < 4.78 is 39.2. The average molecular weight is 453 g/mol. The first-order chi connectivity index (χ1) is 14.3. The standard InChI is InChI=1S/C21H25ClN2O5S/c1-3-29-17-7-5-11-24(14-17)21(25)15-6-4-8-18(12-15)30(26,27)23-19-13-16(22)9-10-20(19)28-2/h4,6,8-10,12-13,17,23H,3,5,7,11,14H2,1-2H3. The van der Waals surface area contributed by atoms with E-state index < -0.39 is 10.0 Å². The second-order valence-corrected chi connectivity index (χ2v) is 9.07. The molecule has 3 rings (SSSR count). The Morgan fingerprint density at radius 1 is 1.27 bits per heavy atom. The van der Waals surface area contributed by atoms with Gasteiger partial charge in [0.2, 0.25) is 0 Å². The van der Waals surface area contributed by atoms with Crippen molar-refractivity contribution in [3.8, 4) is 5.75 Å². The largest absolute Gasteiger partial charge is 0.495 e. The van der Waals surface area contributed by atoms with Gasteiger partial charge in [-0.25, -0.2) is 8.42 Å². The van der Waals surface area contributed by atoms with E-state index in [1.807, 2.05) is 6.92 Å². The topological polar surface area (TPSA) is 84.9 Å². The number of rotatable bonds is 7. The van der Waals surface area contributed by atoms with E-state index >= 15 is 0 Å². The summed E-state index contributed by atoms with van der Waals surface area (Å²) in [6, 6.07) is 10.6. The number of piperidine rings is 1. The molecule has 1 aliphatic rings. The number of sulfonamides is 1. The van der Waals surface area contributed by atoms with Crippen molar-refractivity contribution < 1.29 is 22.7 Å². The van der Waals surface area contributed by atoms with Gasteiger partial charge in [-0.2, -0.15) is 0 Å². The summed E-state index contributed by atoms with van der Waals surface area (Å²) >= 11 is 5.98. The first kappa shape index (κ1) is 22.4. The number of methoxy groups -OCH3 is 1. The number of hydrogen-bond acceptors (Lipinski definition) is 5. The highest BCUT2D eigenvalue weighted by Gasteiger charge is 2.26. The van der Waals surface area contributed by atoms with Gasteiger partial charge in [-0.05, 0) is 56.2 Å². The molecule has 1 amide bonds. The predicted molar refractivity (Wildman–Crippen MR) is 116 cm³/mol. The lowest BCUT2D eigenvalue weighted by atomic mass is 10.1. The third-order valence-electron chi connectivity index (χ3n) is 4.86. The van der Waals surface area contributed by atoms with Gasteiger partial charge in [-0.3, -0.25) is 9.52 Å². The summed E-state index contributed by atoms with van der Waals surface area (Å²) in [7, 11) is -2.51. The number of ether oxygens (including phenoxy) is 2. The van der Waals surface area contributed by atoms with Crippen molar-refractivity contribution in [3.05, 3.63) is 53.1 Å². The fourth-order valence-electron chi connectivity index (χ4n) is 3.44. The van der Waals surface area contributed by atoms with Crippen LogP contribution >= 0.6 is 11.6 Å². The lowest BCUT2D eigenvalue weighted by Gasteiger charge is -2.32. The fraction of sp³-hybridized carbons (Fsp3) is 0.381. The monoisotopic (exact) mass is 452 g/mol. The number of anilines is 1. The van der Waals surface area contributed by atoms with Crippen LogP contribution in [0.1, 0.15) is 30.1 Å². The molecule has 30 heavy (non-hydrogen) atoms. The molecular formula is C21H25ClN2O5S. The molecule has 1 saturated heterocycles. The molecule has 1 atom stereocenters. The predicted octanol–water partition coefficient (Wildman–Crippen LogP) is 3.79. The molecule has 1 N–H and O–H groups in total. The fourth-order valence-corrected chi connectivity index (χ4v) is 4.72. The van der Waals surface area contributed by atoms with Gasteiger partial charge >= 0.3 is 0 Å². The molecule has 0 radical (unpaired) electrons. The van der Waals surface area contributed by atoms with Gasteiger partial charge in [-0.15, -0.1) is 0 Å². The zero-order valence-corrected chi connectivity index (χ0v) is 18.5. The Balaban J connectivity index is 1.82. The highest BCUT2D eigenvalue weighted by Crippen LogP contribution is 2.30. The van der Waals surface area contributed by atoms with Crippen LogP contribution < -0.4 is 9.46 Å². The molecule has 162 valence electrons.